The van der Waals surface area contributed by atoms with Crippen LogP contribution in [0.1, 0.15) is 22.8 Å². The van der Waals surface area contributed by atoms with Gasteiger partial charge in [-0.3, -0.25) is 4.79 Å². The second kappa shape index (κ2) is 8.05. The van der Waals surface area contributed by atoms with E-state index in [1.54, 1.807) is 31.2 Å². The number of carbonyl (C=O) groups is 1. The van der Waals surface area contributed by atoms with Gasteiger partial charge in [-0.25, -0.2) is 5.43 Å². The van der Waals surface area contributed by atoms with Crippen molar-refractivity contribution in [2.24, 2.45) is 5.10 Å². The Morgan fingerprint density at radius 2 is 1.64 bits per heavy atom. The van der Waals surface area contributed by atoms with E-state index < -0.39 is 5.91 Å². The Morgan fingerprint density at radius 3 is 2.16 bits per heavy atom. The van der Waals surface area contributed by atoms with Gasteiger partial charge in [-0.05, 0) is 36.8 Å². The Morgan fingerprint density at radius 1 is 1.00 bits per heavy atom. The Bertz CT molecular complexity index is 778. The minimum Gasteiger partial charge on any atom is -0.493 e. The minimum atomic E-state index is -0.400. The van der Waals surface area contributed by atoms with E-state index in [1.165, 1.54) is 21.3 Å². The molecule has 0 radical (unpaired) electrons. The van der Waals surface area contributed by atoms with Crippen molar-refractivity contribution in [1.29, 1.82) is 0 Å². The summed E-state index contributed by atoms with van der Waals surface area (Å²) in [5.41, 5.74) is 10.7. The average Bonchev–Trinajstić information content (AvgIpc) is 2.64. The molecule has 0 aromatic heterocycles. The average molecular weight is 343 g/mol. The summed E-state index contributed by atoms with van der Waals surface area (Å²) < 4.78 is 15.7. The van der Waals surface area contributed by atoms with E-state index in [0.717, 1.165) is 5.56 Å². The van der Waals surface area contributed by atoms with Crippen LogP contribution in [0.4, 0.5) is 5.69 Å². The minimum absolute atomic E-state index is 0.332. The van der Waals surface area contributed by atoms with E-state index in [2.05, 4.69) is 10.5 Å². The molecule has 0 unspecified atom stereocenters. The van der Waals surface area contributed by atoms with Crippen molar-refractivity contribution in [3.05, 3.63) is 47.5 Å². The Hall–Kier alpha value is -3.22. The number of rotatable bonds is 6. The highest BCUT2D eigenvalue weighted by Gasteiger charge is 2.16. The lowest BCUT2D eigenvalue weighted by Gasteiger charge is -2.13. The predicted molar refractivity (Wildman–Crippen MR) is 96.6 cm³/mol. The Kier molecular flexibility index (Phi) is 5.84. The number of nitrogen functional groups attached to an aromatic ring is 1. The molecule has 2 aromatic rings. The van der Waals surface area contributed by atoms with Gasteiger partial charge < -0.3 is 19.9 Å². The Labute approximate surface area is 146 Å². The third-order valence-electron chi connectivity index (χ3n) is 3.56. The first-order valence-electron chi connectivity index (χ1n) is 7.50. The molecule has 1 amide bonds. The molecule has 0 spiro atoms. The lowest BCUT2D eigenvalue weighted by Crippen LogP contribution is -2.19. The first-order valence-corrected chi connectivity index (χ1v) is 7.50. The number of amides is 1. The molecule has 2 aromatic carbocycles. The van der Waals surface area contributed by atoms with Gasteiger partial charge in [-0.15, -0.1) is 0 Å². The number of anilines is 1. The van der Waals surface area contributed by atoms with E-state index in [4.69, 9.17) is 19.9 Å². The molecular formula is C18H21N3O4. The van der Waals surface area contributed by atoms with Crippen molar-refractivity contribution in [2.45, 2.75) is 6.92 Å². The van der Waals surface area contributed by atoms with Crippen LogP contribution in [0.5, 0.6) is 17.2 Å². The molecule has 0 aliphatic rings. The summed E-state index contributed by atoms with van der Waals surface area (Å²) >= 11 is 0. The van der Waals surface area contributed by atoms with Gasteiger partial charge in [0.15, 0.2) is 11.5 Å². The van der Waals surface area contributed by atoms with Crippen LogP contribution in [0.25, 0.3) is 0 Å². The molecule has 2 rings (SSSR count). The molecule has 0 bridgehead atoms. The van der Waals surface area contributed by atoms with Crippen molar-refractivity contribution in [2.75, 3.05) is 27.1 Å². The van der Waals surface area contributed by atoms with Gasteiger partial charge in [0.25, 0.3) is 5.91 Å². The van der Waals surface area contributed by atoms with E-state index in [9.17, 15) is 4.79 Å². The molecular weight excluding hydrogens is 322 g/mol. The van der Waals surface area contributed by atoms with Crippen molar-refractivity contribution in [1.82, 2.24) is 5.43 Å². The first kappa shape index (κ1) is 18.1. The highest BCUT2D eigenvalue weighted by atomic mass is 16.5. The number of nitrogens with zero attached hydrogens (tertiary/aromatic N) is 1. The van der Waals surface area contributed by atoms with Gasteiger partial charge in [-0.1, -0.05) is 12.1 Å². The summed E-state index contributed by atoms with van der Waals surface area (Å²) in [4.78, 5) is 12.4. The third kappa shape index (κ3) is 4.20. The molecule has 0 atom stereocenters. The highest BCUT2D eigenvalue weighted by Crippen LogP contribution is 2.38. The zero-order chi connectivity index (χ0) is 18.4. The lowest BCUT2D eigenvalue weighted by atomic mass is 10.1. The maximum absolute atomic E-state index is 12.4. The number of hydrazone groups is 1. The fourth-order valence-corrected chi connectivity index (χ4v) is 2.24. The summed E-state index contributed by atoms with van der Waals surface area (Å²) in [7, 11) is 4.47. The monoisotopic (exact) mass is 343 g/mol. The summed E-state index contributed by atoms with van der Waals surface area (Å²) in [6.07, 6.45) is 0. The fourth-order valence-electron chi connectivity index (χ4n) is 2.24. The maximum Gasteiger partial charge on any atom is 0.271 e. The maximum atomic E-state index is 12.4. The molecule has 3 N–H and O–H groups in total. The topological polar surface area (TPSA) is 95.2 Å². The number of methoxy groups -OCH3 is 3. The Balaban J connectivity index is 2.24. The van der Waals surface area contributed by atoms with Crippen LogP contribution in [0, 0.1) is 0 Å². The van der Waals surface area contributed by atoms with Crippen molar-refractivity contribution in [3.63, 3.8) is 0 Å². The number of nitrogens with two attached hydrogens (primary N) is 1. The second-order valence-corrected chi connectivity index (χ2v) is 5.18. The first-order chi connectivity index (χ1) is 12.0. The predicted octanol–water partition coefficient (Wildman–Crippen LogP) is 2.45. The van der Waals surface area contributed by atoms with E-state index >= 15 is 0 Å². The quantitative estimate of drug-likeness (QED) is 0.477. The summed E-state index contributed by atoms with van der Waals surface area (Å²) in [5.74, 6) is 0.801. The van der Waals surface area contributed by atoms with Crippen molar-refractivity contribution in [3.8, 4) is 17.2 Å². The molecule has 0 saturated heterocycles. The van der Waals surface area contributed by atoms with Crippen molar-refractivity contribution >= 4 is 17.3 Å². The van der Waals surface area contributed by atoms with Crippen LogP contribution in [0.3, 0.4) is 0 Å². The largest absolute Gasteiger partial charge is 0.493 e. The van der Waals surface area contributed by atoms with Gasteiger partial charge in [0.2, 0.25) is 5.75 Å². The summed E-state index contributed by atoms with van der Waals surface area (Å²) in [6.45, 7) is 1.78. The van der Waals surface area contributed by atoms with E-state index in [-0.39, 0.29) is 0 Å². The molecule has 25 heavy (non-hydrogen) atoms. The number of benzene rings is 2. The van der Waals surface area contributed by atoms with Gasteiger partial charge >= 0.3 is 0 Å². The van der Waals surface area contributed by atoms with Crippen LogP contribution in [-0.4, -0.2) is 32.9 Å². The van der Waals surface area contributed by atoms with E-state index in [0.29, 0.717) is 34.2 Å². The normalized spacial score (nSPS) is 11.0. The van der Waals surface area contributed by atoms with Crippen LogP contribution < -0.4 is 25.4 Å². The smallest absolute Gasteiger partial charge is 0.271 e. The van der Waals surface area contributed by atoms with Gasteiger partial charge in [-0.2, -0.15) is 5.10 Å². The zero-order valence-corrected chi connectivity index (χ0v) is 14.6. The van der Waals surface area contributed by atoms with Crippen LogP contribution in [0.15, 0.2) is 41.5 Å². The van der Waals surface area contributed by atoms with Crippen LogP contribution in [-0.2, 0) is 0 Å². The highest BCUT2D eigenvalue weighted by molar-refractivity contribution is 6.01. The van der Waals surface area contributed by atoms with Crippen LogP contribution >= 0.6 is 0 Å². The third-order valence-corrected chi connectivity index (χ3v) is 3.56. The molecule has 7 heteroatoms. The summed E-state index contributed by atoms with van der Waals surface area (Å²) in [5, 5.41) is 4.11. The number of nitrogens with one attached hydrogen (secondary N) is 1. The number of hydrogen-bond donors (Lipinski definition) is 2. The second-order valence-electron chi connectivity index (χ2n) is 5.18. The number of hydrogen-bond acceptors (Lipinski definition) is 6. The molecule has 7 nitrogen and oxygen atoms in total. The van der Waals surface area contributed by atoms with Gasteiger partial charge in [0, 0.05) is 11.3 Å². The van der Waals surface area contributed by atoms with Crippen LogP contribution in [0.2, 0.25) is 0 Å². The molecule has 0 aliphatic heterocycles. The standard InChI is InChI=1S/C18H21N3O4/c1-11(12-6-5-7-14(19)8-12)20-21-18(22)13-9-15(23-2)17(25-4)16(10-13)24-3/h5-10H,19H2,1-4H3,(H,21,22)/b20-11-. The SMILES string of the molecule is COc1cc(C(=O)N/N=C(/C)c2cccc(N)c2)cc(OC)c1OC. The lowest BCUT2D eigenvalue weighted by molar-refractivity contribution is 0.0954. The number of carbonyl (C=O) groups excluding carboxylic acids is 1. The fraction of sp³-hybridized carbons (Fsp3) is 0.222. The molecule has 132 valence electrons. The summed E-state index contributed by atoms with van der Waals surface area (Å²) in [6, 6.07) is 10.4. The molecule has 0 heterocycles. The van der Waals surface area contributed by atoms with E-state index in [1.807, 2.05) is 12.1 Å². The molecule has 0 saturated carbocycles. The molecule has 0 aliphatic carbocycles. The van der Waals surface area contributed by atoms with Gasteiger partial charge in [0.1, 0.15) is 0 Å². The zero-order valence-electron chi connectivity index (χ0n) is 14.6. The van der Waals surface area contributed by atoms with Crippen molar-refractivity contribution < 1.29 is 19.0 Å². The molecule has 0 fully saturated rings. The number of ether oxygens (including phenoxy) is 3. The van der Waals surface area contributed by atoms with Gasteiger partial charge in [0.05, 0.1) is 27.0 Å².